The summed E-state index contributed by atoms with van der Waals surface area (Å²) in [6, 6.07) is 6.47. The fourth-order valence-corrected chi connectivity index (χ4v) is 1.05. The zero-order chi connectivity index (χ0) is 10.6. The number of carbonyl (C=O) groups excluding carboxylic acids is 1. The summed E-state index contributed by atoms with van der Waals surface area (Å²) in [7, 11) is 0. The Bertz CT molecular complexity index is 394. The summed E-state index contributed by atoms with van der Waals surface area (Å²) in [6.45, 7) is 2.30. The van der Waals surface area contributed by atoms with Crippen molar-refractivity contribution in [3.05, 3.63) is 29.3 Å². The van der Waals surface area contributed by atoms with Gasteiger partial charge in [0.15, 0.2) is 0 Å². The maximum atomic E-state index is 10.8. The van der Waals surface area contributed by atoms with Crippen molar-refractivity contribution in [2.24, 2.45) is 5.73 Å². The van der Waals surface area contributed by atoms with Gasteiger partial charge in [0.05, 0.1) is 12.2 Å². The number of benzene rings is 1. The Morgan fingerprint density at radius 1 is 1.64 bits per heavy atom. The molecule has 0 saturated carbocycles. The number of nitriles is 1. The van der Waals surface area contributed by atoms with Crippen LogP contribution in [-0.4, -0.2) is 12.5 Å². The number of hydrogen-bond acceptors (Lipinski definition) is 3. The molecule has 1 aromatic carbocycles. The van der Waals surface area contributed by atoms with Crippen LogP contribution in [0.1, 0.15) is 22.8 Å². The maximum absolute atomic E-state index is 10.8. The Labute approximate surface area is 81.9 Å². The molecule has 0 aliphatic heterocycles. The Balaban J connectivity index is 3.13. The molecule has 0 radical (unpaired) electrons. The van der Waals surface area contributed by atoms with Gasteiger partial charge in [-0.15, -0.1) is 0 Å². The molecule has 72 valence electrons. The highest BCUT2D eigenvalue weighted by Gasteiger charge is 2.06. The third-order valence-electron chi connectivity index (χ3n) is 1.68. The lowest BCUT2D eigenvalue weighted by atomic mass is 10.1. The van der Waals surface area contributed by atoms with E-state index in [0.29, 0.717) is 23.5 Å². The quantitative estimate of drug-likeness (QED) is 0.774. The topological polar surface area (TPSA) is 76.1 Å². The second-order valence-electron chi connectivity index (χ2n) is 2.62. The molecule has 0 heterocycles. The Hall–Kier alpha value is -2.02. The molecule has 1 rings (SSSR count). The van der Waals surface area contributed by atoms with Crippen LogP contribution in [0, 0.1) is 11.3 Å². The van der Waals surface area contributed by atoms with Crippen molar-refractivity contribution in [3.63, 3.8) is 0 Å². The summed E-state index contributed by atoms with van der Waals surface area (Å²) in [6.07, 6.45) is 0. The van der Waals surface area contributed by atoms with Crippen LogP contribution in [0.25, 0.3) is 0 Å². The number of ether oxygens (including phenoxy) is 1. The van der Waals surface area contributed by atoms with Gasteiger partial charge < -0.3 is 10.5 Å². The number of carbonyl (C=O) groups is 1. The van der Waals surface area contributed by atoms with Crippen LogP contribution >= 0.6 is 0 Å². The number of nitrogens with two attached hydrogens (primary N) is 1. The van der Waals surface area contributed by atoms with E-state index in [1.54, 1.807) is 6.07 Å². The van der Waals surface area contributed by atoms with E-state index in [2.05, 4.69) is 0 Å². The van der Waals surface area contributed by atoms with Gasteiger partial charge in [-0.3, -0.25) is 4.79 Å². The van der Waals surface area contributed by atoms with Gasteiger partial charge in [-0.1, -0.05) is 0 Å². The lowest BCUT2D eigenvalue weighted by Crippen LogP contribution is -2.11. The lowest BCUT2D eigenvalue weighted by Gasteiger charge is -2.05. The molecule has 1 aromatic rings. The monoisotopic (exact) mass is 190 g/mol. The van der Waals surface area contributed by atoms with Crippen molar-refractivity contribution in [2.45, 2.75) is 6.92 Å². The van der Waals surface area contributed by atoms with Crippen LogP contribution in [0.4, 0.5) is 0 Å². The molecule has 14 heavy (non-hydrogen) atoms. The van der Waals surface area contributed by atoms with Crippen LogP contribution in [0.2, 0.25) is 0 Å². The molecule has 0 aliphatic rings. The van der Waals surface area contributed by atoms with Crippen molar-refractivity contribution in [1.82, 2.24) is 0 Å². The normalized spacial score (nSPS) is 9.14. The van der Waals surface area contributed by atoms with Crippen LogP contribution in [0.5, 0.6) is 5.75 Å². The molecule has 0 fully saturated rings. The van der Waals surface area contributed by atoms with Crippen LogP contribution in [0.3, 0.4) is 0 Å². The van der Waals surface area contributed by atoms with Crippen LogP contribution in [0.15, 0.2) is 18.2 Å². The average Bonchev–Trinajstić information content (AvgIpc) is 2.18. The first-order chi connectivity index (χ1) is 6.69. The van der Waals surface area contributed by atoms with Gasteiger partial charge in [-0.25, -0.2) is 0 Å². The van der Waals surface area contributed by atoms with E-state index in [0.717, 1.165) is 0 Å². The van der Waals surface area contributed by atoms with Crippen molar-refractivity contribution in [2.75, 3.05) is 6.61 Å². The van der Waals surface area contributed by atoms with Crippen molar-refractivity contribution in [1.29, 1.82) is 5.26 Å². The number of amides is 1. The van der Waals surface area contributed by atoms with Gasteiger partial charge in [-0.05, 0) is 25.1 Å². The maximum Gasteiger partial charge on any atom is 0.248 e. The molecular weight excluding hydrogens is 180 g/mol. The predicted molar refractivity (Wildman–Crippen MR) is 50.8 cm³/mol. The number of rotatable bonds is 3. The van der Waals surface area contributed by atoms with Crippen LogP contribution in [-0.2, 0) is 0 Å². The molecule has 2 N–H and O–H groups in total. The first-order valence-corrected chi connectivity index (χ1v) is 4.15. The predicted octanol–water partition coefficient (Wildman–Crippen LogP) is 1.06. The summed E-state index contributed by atoms with van der Waals surface area (Å²) in [5.41, 5.74) is 5.70. The number of hydrogen-bond donors (Lipinski definition) is 1. The summed E-state index contributed by atoms with van der Waals surface area (Å²) in [5.74, 6) is -0.0791. The fraction of sp³-hybridized carbons (Fsp3) is 0.200. The van der Waals surface area contributed by atoms with Gasteiger partial charge in [0.1, 0.15) is 11.8 Å². The Kier molecular flexibility index (Phi) is 3.08. The summed E-state index contributed by atoms with van der Waals surface area (Å²) >= 11 is 0. The third kappa shape index (κ3) is 2.02. The fourth-order valence-electron chi connectivity index (χ4n) is 1.05. The van der Waals surface area contributed by atoms with E-state index < -0.39 is 5.91 Å². The SMILES string of the molecule is CCOc1ccc(C(N)=O)cc1C#N. The number of primary amides is 1. The minimum Gasteiger partial charge on any atom is -0.492 e. The highest BCUT2D eigenvalue weighted by Crippen LogP contribution is 2.18. The largest absolute Gasteiger partial charge is 0.492 e. The van der Waals surface area contributed by atoms with Crippen LogP contribution < -0.4 is 10.5 Å². The summed E-state index contributed by atoms with van der Waals surface area (Å²) < 4.78 is 5.19. The highest BCUT2D eigenvalue weighted by atomic mass is 16.5. The molecule has 0 saturated heterocycles. The highest BCUT2D eigenvalue weighted by molar-refractivity contribution is 5.93. The molecular formula is C10H10N2O2. The Morgan fingerprint density at radius 3 is 2.86 bits per heavy atom. The van der Waals surface area contributed by atoms with E-state index in [9.17, 15) is 4.79 Å². The Morgan fingerprint density at radius 2 is 2.36 bits per heavy atom. The van der Waals surface area contributed by atoms with Gasteiger partial charge in [-0.2, -0.15) is 5.26 Å². The van der Waals surface area contributed by atoms with Gasteiger partial charge in [0, 0.05) is 5.56 Å². The first kappa shape index (κ1) is 10.1. The molecule has 0 atom stereocenters. The minimum atomic E-state index is -0.551. The molecule has 0 spiro atoms. The first-order valence-electron chi connectivity index (χ1n) is 4.15. The summed E-state index contributed by atoms with van der Waals surface area (Å²) in [4.78, 5) is 10.8. The van der Waals surface area contributed by atoms with Crippen molar-refractivity contribution < 1.29 is 9.53 Å². The molecule has 4 heteroatoms. The van der Waals surface area contributed by atoms with Gasteiger partial charge in [0.2, 0.25) is 5.91 Å². The smallest absolute Gasteiger partial charge is 0.248 e. The molecule has 0 unspecified atom stereocenters. The minimum absolute atomic E-state index is 0.310. The van der Waals surface area contributed by atoms with E-state index >= 15 is 0 Å². The van der Waals surface area contributed by atoms with Gasteiger partial charge in [0.25, 0.3) is 0 Å². The van der Waals surface area contributed by atoms with Crippen molar-refractivity contribution in [3.8, 4) is 11.8 Å². The second-order valence-corrected chi connectivity index (χ2v) is 2.62. The molecule has 4 nitrogen and oxygen atoms in total. The molecule has 0 aromatic heterocycles. The van der Waals surface area contributed by atoms with E-state index in [-0.39, 0.29) is 0 Å². The summed E-state index contributed by atoms with van der Waals surface area (Å²) in [5, 5.41) is 8.77. The number of nitrogens with zero attached hydrogens (tertiary/aromatic N) is 1. The molecule has 0 aliphatic carbocycles. The molecule has 0 bridgehead atoms. The average molecular weight is 190 g/mol. The van der Waals surface area contributed by atoms with Gasteiger partial charge >= 0.3 is 0 Å². The van der Waals surface area contributed by atoms with E-state index in [4.69, 9.17) is 15.7 Å². The van der Waals surface area contributed by atoms with Crippen molar-refractivity contribution >= 4 is 5.91 Å². The zero-order valence-electron chi connectivity index (χ0n) is 7.78. The third-order valence-corrected chi connectivity index (χ3v) is 1.68. The lowest BCUT2D eigenvalue weighted by molar-refractivity contribution is 0.1000. The molecule has 1 amide bonds. The zero-order valence-corrected chi connectivity index (χ0v) is 7.78. The van der Waals surface area contributed by atoms with E-state index in [1.807, 2.05) is 13.0 Å². The van der Waals surface area contributed by atoms with E-state index in [1.165, 1.54) is 12.1 Å². The standard InChI is InChI=1S/C10H10N2O2/c1-2-14-9-4-3-7(10(12)13)5-8(9)6-11/h3-5H,2H2,1H3,(H2,12,13). The second kappa shape index (κ2) is 4.28.